The summed E-state index contributed by atoms with van der Waals surface area (Å²) in [4.78, 5) is 10.3. The van der Waals surface area contributed by atoms with Crippen LogP contribution in [0.3, 0.4) is 0 Å². The molecule has 0 fully saturated rings. The summed E-state index contributed by atoms with van der Waals surface area (Å²) in [5.41, 5.74) is 6.18. The number of phenolic OH excluding ortho intramolecular Hbond substituents is 1. The molecule has 0 unspecified atom stereocenters. The van der Waals surface area contributed by atoms with Crippen LogP contribution in [0.4, 0.5) is 5.69 Å². The molecule has 0 aromatic heterocycles. The topological polar surface area (TPSA) is 92.8 Å². The Balaban J connectivity index is 3.11. The molecule has 1 rings (SSSR count). The summed E-state index contributed by atoms with van der Waals surface area (Å²) in [6, 6.07) is 2.95. The van der Waals surface area contributed by atoms with Crippen molar-refractivity contribution >= 4 is 17.7 Å². The number of nitrogen functional groups attached to an aromatic ring is 1. The Bertz CT molecular complexity index is 412. The first-order valence-corrected chi connectivity index (χ1v) is 4.12. The largest absolute Gasteiger partial charge is 0.503 e. The molecule has 0 heterocycles. The maximum absolute atomic E-state index is 10.3. The van der Waals surface area contributed by atoms with E-state index in [2.05, 4.69) is 0 Å². The van der Waals surface area contributed by atoms with Crippen molar-refractivity contribution in [3.8, 4) is 11.5 Å². The van der Waals surface area contributed by atoms with Crippen molar-refractivity contribution in [3.63, 3.8) is 0 Å². The van der Waals surface area contributed by atoms with Crippen molar-refractivity contribution in [3.05, 3.63) is 23.8 Å². The standard InChI is InChI=1S/C10H11NO4/c1-15-8-5-6(2-3-9(12)13)4-7(11)10(8)14/h2-5,14H,11H2,1H3,(H,12,13)/b3-2+. The van der Waals surface area contributed by atoms with Crippen LogP contribution in [-0.2, 0) is 4.79 Å². The van der Waals surface area contributed by atoms with E-state index in [1.54, 1.807) is 0 Å². The molecule has 80 valence electrons. The molecular formula is C10H11NO4. The summed E-state index contributed by atoms with van der Waals surface area (Å²) in [5, 5.41) is 17.8. The average molecular weight is 209 g/mol. The number of carbonyl (C=O) groups is 1. The third-order valence-electron chi connectivity index (χ3n) is 1.77. The molecule has 0 aliphatic carbocycles. The zero-order valence-corrected chi connectivity index (χ0v) is 8.10. The summed E-state index contributed by atoms with van der Waals surface area (Å²) in [6.45, 7) is 0. The zero-order valence-electron chi connectivity index (χ0n) is 8.10. The summed E-state index contributed by atoms with van der Waals surface area (Å²) in [5.74, 6) is -0.995. The molecule has 1 aromatic carbocycles. The fourth-order valence-corrected chi connectivity index (χ4v) is 1.07. The third-order valence-corrected chi connectivity index (χ3v) is 1.77. The van der Waals surface area contributed by atoms with Crippen LogP contribution in [-0.4, -0.2) is 23.3 Å². The lowest BCUT2D eigenvalue weighted by Crippen LogP contribution is -1.92. The Morgan fingerprint density at radius 3 is 2.73 bits per heavy atom. The van der Waals surface area contributed by atoms with Crippen LogP contribution in [0.1, 0.15) is 5.56 Å². The number of phenols is 1. The monoisotopic (exact) mass is 209 g/mol. The van der Waals surface area contributed by atoms with Crippen molar-refractivity contribution in [2.75, 3.05) is 12.8 Å². The molecule has 15 heavy (non-hydrogen) atoms. The molecule has 5 heteroatoms. The SMILES string of the molecule is COc1cc(/C=C/C(=O)O)cc(N)c1O. The quantitative estimate of drug-likeness (QED) is 0.393. The van der Waals surface area contributed by atoms with Crippen molar-refractivity contribution in [1.29, 1.82) is 0 Å². The Labute approximate surface area is 86.4 Å². The second kappa shape index (κ2) is 4.36. The Morgan fingerprint density at radius 2 is 2.20 bits per heavy atom. The molecule has 0 aliphatic heterocycles. The summed E-state index contributed by atoms with van der Waals surface area (Å²) >= 11 is 0. The number of hydrogen-bond donors (Lipinski definition) is 3. The Hall–Kier alpha value is -2.17. The normalized spacial score (nSPS) is 10.5. The number of methoxy groups -OCH3 is 1. The predicted molar refractivity (Wildman–Crippen MR) is 55.7 cm³/mol. The van der Waals surface area contributed by atoms with Crippen LogP contribution in [0.2, 0.25) is 0 Å². The van der Waals surface area contributed by atoms with Crippen LogP contribution >= 0.6 is 0 Å². The van der Waals surface area contributed by atoms with E-state index in [9.17, 15) is 9.90 Å². The minimum Gasteiger partial charge on any atom is -0.503 e. The molecule has 0 saturated carbocycles. The first kappa shape index (κ1) is 10.9. The van der Waals surface area contributed by atoms with Crippen LogP contribution in [0.25, 0.3) is 6.08 Å². The zero-order chi connectivity index (χ0) is 11.4. The second-order valence-electron chi connectivity index (χ2n) is 2.83. The fraction of sp³-hybridized carbons (Fsp3) is 0.100. The summed E-state index contributed by atoms with van der Waals surface area (Å²) in [6.07, 6.45) is 2.34. The lowest BCUT2D eigenvalue weighted by Gasteiger charge is -2.06. The van der Waals surface area contributed by atoms with E-state index in [0.717, 1.165) is 6.08 Å². The van der Waals surface area contributed by atoms with Gasteiger partial charge in [0.05, 0.1) is 12.8 Å². The van der Waals surface area contributed by atoms with E-state index in [4.69, 9.17) is 15.6 Å². The van der Waals surface area contributed by atoms with E-state index < -0.39 is 5.97 Å². The number of carboxylic acids is 1. The number of hydrogen-bond acceptors (Lipinski definition) is 4. The number of aromatic hydroxyl groups is 1. The molecule has 1 aromatic rings. The highest BCUT2D eigenvalue weighted by molar-refractivity contribution is 5.85. The lowest BCUT2D eigenvalue weighted by molar-refractivity contribution is -0.131. The molecule has 0 spiro atoms. The Kier molecular flexibility index (Phi) is 3.17. The van der Waals surface area contributed by atoms with E-state index in [0.29, 0.717) is 5.56 Å². The summed E-state index contributed by atoms with van der Waals surface area (Å²) in [7, 11) is 1.39. The van der Waals surface area contributed by atoms with Gasteiger partial charge in [-0.3, -0.25) is 0 Å². The van der Waals surface area contributed by atoms with Crippen LogP contribution in [0.15, 0.2) is 18.2 Å². The minimum absolute atomic E-state index is 0.138. The molecule has 0 atom stereocenters. The van der Waals surface area contributed by atoms with E-state index in [1.165, 1.54) is 25.3 Å². The molecule has 0 bridgehead atoms. The van der Waals surface area contributed by atoms with Gasteiger partial charge >= 0.3 is 5.97 Å². The second-order valence-corrected chi connectivity index (χ2v) is 2.83. The van der Waals surface area contributed by atoms with Gasteiger partial charge in [-0.1, -0.05) is 0 Å². The van der Waals surface area contributed by atoms with Gasteiger partial charge in [-0.15, -0.1) is 0 Å². The maximum Gasteiger partial charge on any atom is 0.328 e. The van der Waals surface area contributed by atoms with Crippen LogP contribution in [0.5, 0.6) is 11.5 Å². The molecule has 0 saturated heterocycles. The van der Waals surface area contributed by atoms with Crippen LogP contribution < -0.4 is 10.5 Å². The van der Waals surface area contributed by atoms with Gasteiger partial charge < -0.3 is 20.7 Å². The highest BCUT2D eigenvalue weighted by atomic mass is 16.5. The van der Waals surface area contributed by atoms with Gasteiger partial charge in [-0.25, -0.2) is 4.79 Å². The van der Waals surface area contributed by atoms with Gasteiger partial charge in [-0.2, -0.15) is 0 Å². The number of anilines is 1. The maximum atomic E-state index is 10.3. The van der Waals surface area contributed by atoms with Crippen LogP contribution in [0, 0.1) is 0 Å². The number of benzene rings is 1. The van der Waals surface area contributed by atoms with Gasteiger partial charge in [0.15, 0.2) is 11.5 Å². The molecule has 4 N–H and O–H groups in total. The average Bonchev–Trinajstić information content (AvgIpc) is 2.19. The van der Waals surface area contributed by atoms with Crippen molar-refractivity contribution in [1.82, 2.24) is 0 Å². The number of carboxylic acid groups (broad SMARTS) is 1. The highest BCUT2D eigenvalue weighted by Gasteiger charge is 2.06. The molecule has 0 amide bonds. The molecule has 5 nitrogen and oxygen atoms in total. The highest BCUT2D eigenvalue weighted by Crippen LogP contribution is 2.33. The van der Waals surface area contributed by atoms with Gasteiger partial charge in [-0.05, 0) is 23.8 Å². The number of nitrogens with two attached hydrogens (primary N) is 1. The minimum atomic E-state index is -1.05. The summed E-state index contributed by atoms with van der Waals surface area (Å²) < 4.78 is 4.86. The van der Waals surface area contributed by atoms with E-state index >= 15 is 0 Å². The van der Waals surface area contributed by atoms with Gasteiger partial charge in [0, 0.05) is 6.08 Å². The van der Waals surface area contributed by atoms with Crippen molar-refractivity contribution in [2.45, 2.75) is 0 Å². The van der Waals surface area contributed by atoms with E-state index in [1.807, 2.05) is 0 Å². The first-order valence-electron chi connectivity index (χ1n) is 4.12. The van der Waals surface area contributed by atoms with Gasteiger partial charge in [0.1, 0.15) is 0 Å². The first-order chi connectivity index (χ1) is 7.04. The lowest BCUT2D eigenvalue weighted by atomic mass is 10.1. The molecule has 0 aliphatic rings. The van der Waals surface area contributed by atoms with Crippen molar-refractivity contribution < 1.29 is 19.7 Å². The smallest absolute Gasteiger partial charge is 0.328 e. The van der Waals surface area contributed by atoms with Gasteiger partial charge in [0.2, 0.25) is 0 Å². The predicted octanol–water partition coefficient (Wildman–Crippen LogP) is 1.08. The number of ether oxygens (including phenoxy) is 1. The van der Waals surface area contributed by atoms with Gasteiger partial charge in [0.25, 0.3) is 0 Å². The number of rotatable bonds is 3. The van der Waals surface area contributed by atoms with E-state index in [-0.39, 0.29) is 17.2 Å². The number of aliphatic carboxylic acids is 1. The Morgan fingerprint density at radius 1 is 1.53 bits per heavy atom. The molecule has 0 radical (unpaired) electrons. The third kappa shape index (κ3) is 2.63. The fourth-order valence-electron chi connectivity index (χ4n) is 1.07. The molecular weight excluding hydrogens is 198 g/mol. The van der Waals surface area contributed by atoms with Crippen molar-refractivity contribution in [2.24, 2.45) is 0 Å².